The zero-order valence-electron chi connectivity index (χ0n) is 16.0. The van der Waals surface area contributed by atoms with Gasteiger partial charge in [-0.25, -0.2) is 9.78 Å². The number of allylic oxidation sites excluding steroid dienone is 1. The zero-order chi connectivity index (χ0) is 20.4. The lowest BCUT2D eigenvalue weighted by molar-refractivity contribution is 0.0436. The fraction of sp³-hybridized carbons (Fsp3) is 0.208. The molecule has 0 saturated carbocycles. The van der Waals surface area contributed by atoms with Crippen LogP contribution in [0.2, 0.25) is 5.02 Å². The number of hydrogen-bond acceptors (Lipinski definition) is 4. The molecular formula is C24H19ClN2O2. The van der Waals surface area contributed by atoms with Gasteiger partial charge >= 0.3 is 5.97 Å². The molecule has 0 N–H and O–H groups in total. The van der Waals surface area contributed by atoms with E-state index in [-0.39, 0.29) is 0 Å². The molecule has 4 nitrogen and oxygen atoms in total. The van der Waals surface area contributed by atoms with Gasteiger partial charge in [-0.1, -0.05) is 48.0 Å². The standard InChI is InChI=1S/C24H19ClN2O2/c1-15(14-26)29-24(28)22-18-9-3-5-12-21(18)27-23-17(8-6-10-19(22)23)13-16-7-2-4-11-20(16)25/h2-5,7,9,11-13,15H,6,8,10H2,1H3/b17-13+/t15-/m0/s1. The van der Waals surface area contributed by atoms with Gasteiger partial charge in [0.15, 0.2) is 6.10 Å². The second-order valence-corrected chi connectivity index (χ2v) is 7.46. The number of hydrogen-bond donors (Lipinski definition) is 0. The van der Waals surface area contributed by atoms with Crippen molar-refractivity contribution in [3.8, 4) is 6.07 Å². The largest absolute Gasteiger partial charge is 0.444 e. The lowest BCUT2D eigenvalue weighted by Gasteiger charge is -2.22. The van der Waals surface area contributed by atoms with Crippen molar-refractivity contribution < 1.29 is 9.53 Å². The molecule has 3 aromatic rings. The Kier molecular flexibility index (Phi) is 5.33. The molecule has 29 heavy (non-hydrogen) atoms. The van der Waals surface area contributed by atoms with E-state index in [2.05, 4.69) is 6.08 Å². The summed E-state index contributed by atoms with van der Waals surface area (Å²) in [7, 11) is 0. The minimum absolute atomic E-state index is 0.479. The molecule has 5 heteroatoms. The zero-order valence-corrected chi connectivity index (χ0v) is 16.7. The number of aromatic nitrogens is 1. The van der Waals surface area contributed by atoms with E-state index in [0.717, 1.165) is 52.6 Å². The van der Waals surface area contributed by atoms with Crippen LogP contribution in [0.3, 0.4) is 0 Å². The Morgan fingerprint density at radius 3 is 2.76 bits per heavy atom. The number of ether oxygens (including phenoxy) is 1. The number of nitriles is 1. The van der Waals surface area contributed by atoms with Crippen molar-refractivity contribution in [3.05, 3.63) is 75.9 Å². The van der Waals surface area contributed by atoms with Gasteiger partial charge in [-0.2, -0.15) is 5.26 Å². The van der Waals surface area contributed by atoms with Crippen LogP contribution < -0.4 is 0 Å². The highest BCUT2D eigenvalue weighted by Gasteiger charge is 2.26. The third-order valence-corrected chi connectivity index (χ3v) is 5.42. The summed E-state index contributed by atoms with van der Waals surface area (Å²) in [6, 6.07) is 17.2. The summed E-state index contributed by atoms with van der Waals surface area (Å²) in [6.07, 6.45) is 3.73. The van der Waals surface area contributed by atoms with Crippen molar-refractivity contribution in [3.63, 3.8) is 0 Å². The molecule has 1 atom stereocenters. The molecule has 1 aliphatic carbocycles. The fourth-order valence-electron chi connectivity index (χ4n) is 3.73. The molecule has 0 saturated heterocycles. The third kappa shape index (κ3) is 3.74. The molecule has 0 bridgehead atoms. The quantitative estimate of drug-likeness (QED) is 0.516. The number of fused-ring (bicyclic) bond motifs is 2. The Labute approximate surface area is 174 Å². The van der Waals surface area contributed by atoms with E-state index in [9.17, 15) is 4.79 Å². The second-order valence-electron chi connectivity index (χ2n) is 7.05. The topological polar surface area (TPSA) is 63.0 Å². The third-order valence-electron chi connectivity index (χ3n) is 5.08. The summed E-state index contributed by atoms with van der Waals surface area (Å²) in [4.78, 5) is 17.9. The molecule has 0 spiro atoms. The molecule has 1 aliphatic rings. The van der Waals surface area contributed by atoms with Crippen molar-refractivity contribution in [2.24, 2.45) is 0 Å². The van der Waals surface area contributed by atoms with Crippen LogP contribution in [0.4, 0.5) is 0 Å². The second kappa shape index (κ2) is 8.06. The van der Waals surface area contributed by atoms with Crippen LogP contribution in [0.1, 0.15) is 46.9 Å². The number of para-hydroxylation sites is 1. The Morgan fingerprint density at radius 1 is 1.21 bits per heavy atom. The summed E-state index contributed by atoms with van der Waals surface area (Å²) in [5.74, 6) is -0.479. The molecule has 1 heterocycles. The fourth-order valence-corrected chi connectivity index (χ4v) is 3.92. The highest BCUT2D eigenvalue weighted by Crippen LogP contribution is 2.37. The normalized spacial score (nSPS) is 15.6. The summed E-state index contributed by atoms with van der Waals surface area (Å²) in [6.45, 7) is 1.57. The summed E-state index contributed by atoms with van der Waals surface area (Å²) >= 11 is 6.35. The van der Waals surface area contributed by atoms with Crippen LogP contribution in [0.15, 0.2) is 48.5 Å². The van der Waals surface area contributed by atoms with Gasteiger partial charge in [0.05, 0.1) is 16.8 Å². The van der Waals surface area contributed by atoms with Gasteiger partial charge in [0.25, 0.3) is 0 Å². The molecule has 144 valence electrons. The number of esters is 1. The number of rotatable bonds is 3. The Bertz CT molecular complexity index is 1180. The van der Waals surface area contributed by atoms with Gasteiger partial charge < -0.3 is 4.74 Å². The number of benzene rings is 2. The molecule has 4 rings (SSSR count). The molecule has 0 unspecified atom stereocenters. The summed E-state index contributed by atoms with van der Waals surface area (Å²) in [5, 5.41) is 10.5. The van der Waals surface area contributed by atoms with E-state index in [0.29, 0.717) is 10.6 Å². The van der Waals surface area contributed by atoms with Crippen LogP contribution in [0, 0.1) is 11.3 Å². The number of pyridine rings is 1. The molecule has 0 radical (unpaired) electrons. The Balaban J connectivity index is 1.92. The highest BCUT2D eigenvalue weighted by molar-refractivity contribution is 6.32. The number of nitrogens with zero attached hydrogens (tertiary/aromatic N) is 2. The molecule has 2 aromatic carbocycles. The van der Waals surface area contributed by atoms with Crippen molar-refractivity contribution in [2.75, 3.05) is 0 Å². The molecule has 0 amide bonds. The van der Waals surface area contributed by atoms with E-state index in [1.165, 1.54) is 0 Å². The maximum atomic E-state index is 13.0. The van der Waals surface area contributed by atoms with Crippen LogP contribution in [-0.2, 0) is 11.2 Å². The van der Waals surface area contributed by atoms with Crippen molar-refractivity contribution in [2.45, 2.75) is 32.3 Å². The van der Waals surface area contributed by atoms with E-state index < -0.39 is 12.1 Å². The van der Waals surface area contributed by atoms with E-state index in [1.807, 2.05) is 54.6 Å². The Morgan fingerprint density at radius 2 is 1.97 bits per heavy atom. The average Bonchev–Trinajstić information content (AvgIpc) is 2.73. The van der Waals surface area contributed by atoms with Gasteiger partial charge in [0.2, 0.25) is 0 Å². The van der Waals surface area contributed by atoms with E-state index >= 15 is 0 Å². The molecule has 0 aliphatic heterocycles. The van der Waals surface area contributed by atoms with E-state index in [4.69, 9.17) is 26.6 Å². The average molecular weight is 403 g/mol. The number of carbonyl (C=O) groups is 1. The SMILES string of the molecule is C[C@@H](C#N)OC(=O)c1c2c(nc3ccccc13)/C(=C/c1ccccc1Cl)CCC2. The van der Waals surface area contributed by atoms with Crippen LogP contribution in [0.25, 0.3) is 22.6 Å². The molecule has 1 aromatic heterocycles. The van der Waals surface area contributed by atoms with E-state index in [1.54, 1.807) is 6.92 Å². The summed E-state index contributed by atoms with van der Waals surface area (Å²) < 4.78 is 5.36. The van der Waals surface area contributed by atoms with Gasteiger partial charge in [0.1, 0.15) is 6.07 Å². The number of carbonyl (C=O) groups excluding carboxylic acids is 1. The highest BCUT2D eigenvalue weighted by atomic mass is 35.5. The maximum absolute atomic E-state index is 13.0. The van der Waals surface area contributed by atoms with Gasteiger partial charge in [-0.15, -0.1) is 0 Å². The predicted molar refractivity (Wildman–Crippen MR) is 114 cm³/mol. The van der Waals surface area contributed by atoms with Crippen molar-refractivity contribution >= 4 is 40.1 Å². The molecule has 0 fully saturated rings. The summed E-state index contributed by atoms with van der Waals surface area (Å²) in [5.41, 5.74) is 4.91. The lowest BCUT2D eigenvalue weighted by Crippen LogP contribution is -2.18. The van der Waals surface area contributed by atoms with Crippen LogP contribution in [-0.4, -0.2) is 17.1 Å². The van der Waals surface area contributed by atoms with Crippen molar-refractivity contribution in [1.82, 2.24) is 4.98 Å². The van der Waals surface area contributed by atoms with Crippen LogP contribution in [0.5, 0.6) is 0 Å². The van der Waals surface area contributed by atoms with Crippen LogP contribution >= 0.6 is 11.6 Å². The number of halogens is 1. The smallest absolute Gasteiger partial charge is 0.340 e. The predicted octanol–water partition coefficient (Wildman–Crippen LogP) is 5.83. The first kappa shape index (κ1) is 19.2. The molecular weight excluding hydrogens is 384 g/mol. The van der Waals surface area contributed by atoms with Gasteiger partial charge in [-0.3, -0.25) is 0 Å². The van der Waals surface area contributed by atoms with Gasteiger partial charge in [0, 0.05) is 10.4 Å². The first-order chi connectivity index (χ1) is 14.1. The minimum atomic E-state index is -0.813. The monoisotopic (exact) mass is 402 g/mol. The first-order valence-corrected chi connectivity index (χ1v) is 9.94. The maximum Gasteiger partial charge on any atom is 0.340 e. The van der Waals surface area contributed by atoms with Crippen molar-refractivity contribution in [1.29, 1.82) is 5.26 Å². The Hall–Kier alpha value is -3.16. The lowest BCUT2D eigenvalue weighted by atomic mass is 9.86. The minimum Gasteiger partial charge on any atom is -0.444 e. The van der Waals surface area contributed by atoms with Gasteiger partial charge in [-0.05, 0) is 61.1 Å². The first-order valence-electron chi connectivity index (χ1n) is 9.56.